The van der Waals surface area contributed by atoms with Crippen molar-refractivity contribution in [1.29, 1.82) is 0 Å². The third kappa shape index (κ3) is 5.16. The summed E-state index contributed by atoms with van der Waals surface area (Å²) < 4.78 is 4.66. The van der Waals surface area contributed by atoms with Crippen LogP contribution in [-0.2, 0) is 9.53 Å². The number of ether oxygens (including phenoxy) is 1. The molecule has 0 aliphatic heterocycles. The van der Waals surface area contributed by atoms with E-state index in [1.54, 1.807) is 6.08 Å². The highest BCUT2D eigenvalue weighted by Gasteiger charge is 2.30. The Bertz CT molecular complexity index is 331. The van der Waals surface area contributed by atoms with Crippen molar-refractivity contribution < 1.29 is 9.53 Å². The van der Waals surface area contributed by atoms with E-state index in [1.165, 1.54) is 71.3 Å². The zero-order valence-corrected chi connectivity index (χ0v) is 13.9. The molecule has 0 unspecified atom stereocenters. The lowest BCUT2D eigenvalue weighted by molar-refractivity contribution is -0.134. The Hall–Kier alpha value is -0.790. The number of hydrogen-bond acceptors (Lipinski definition) is 2. The van der Waals surface area contributed by atoms with Crippen LogP contribution in [-0.4, -0.2) is 13.1 Å². The van der Waals surface area contributed by atoms with Crippen LogP contribution in [0.4, 0.5) is 0 Å². The number of methoxy groups -OCH3 is 1. The normalized spacial score (nSPS) is 34.0. The number of esters is 1. The number of allylic oxidation sites excluding steroid dienone is 1. The van der Waals surface area contributed by atoms with Gasteiger partial charge >= 0.3 is 5.97 Å². The van der Waals surface area contributed by atoms with Crippen molar-refractivity contribution in [2.24, 2.45) is 23.7 Å². The van der Waals surface area contributed by atoms with Gasteiger partial charge in [-0.3, -0.25) is 0 Å². The molecule has 2 aliphatic rings. The van der Waals surface area contributed by atoms with Gasteiger partial charge in [0, 0.05) is 6.08 Å². The van der Waals surface area contributed by atoms with Crippen LogP contribution in [0.25, 0.3) is 0 Å². The molecule has 0 heterocycles. The van der Waals surface area contributed by atoms with Gasteiger partial charge in [0.05, 0.1) is 7.11 Å². The minimum absolute atomic E-state index is 0.216. The fraction of sp³-hybridized carbons (Fsp3) is 0.842. The molecule has 0 bridgehead atoms. The van der Waals surface area contributed by atoms with Crippen LogP contribution in [0.1, 0.15) is 71.1 Å². The first-order chi connectivity index (χ1) is 10.2. The summed E-state index contributed by atoms with van der Waals surface area (Å²) in [7, 11) is 1.44. The van der Waals surface area contributed by atoms with E-state index < -0.39 is 0 Å². The Labute approximate surface area is 130 Å². The lowest BCUT2D eigenvalue weighted by Gasteiger charge is -2.37. The van der Waals surface area contributed by atoms with Crippen molar-refractivity contribution in [2.45, 2.75) is 71.1 Å². The van der Waals surface area contributed by atoms with E-state index in [-0.39, 0.29) is 5.97 Å². The standard InChI is InChI=1S/C19H32O2/c1-3-4-15-5-10-17(11-6-15)18-12-7-16(8-13-18)9-14-19(20)21-2/h9,14-18H,3-8,10-13H2,1-2H3/b14-9+. The monoisotopic (exact) mass is 292 g/mol. The predicted molar refractivity (Wildman–Crippen MR) is 87.0 cm³/mol. The molecule has 0 atom stereocenters. The molecule has 120 valence electrons. The van der Waals surface area contributed by atoms with Gasteiger partial charge in [0.2, 0.25) is 0 Å². The summed E-state index contributed by atoms with van der Waals surface area (Å²) in [5, 5.41) is 0. The molecule has 0 saturated heterocycles. The first-order valence-corrected chi connectivity index (χ1v) is 8.99. The Morgan fingerprint density at radius 3 is 2.10 bits per heavy atom. The van der Waals surface area contributed by atoms with Crippen molar-refractivity contribution in [3.8, 4) is 0 Å². The molecule has 2 heteroatoms. The van der Waals surface area contributed by atoms with Crippen molar-refractivity contribution in [3.05, 3.63) is 12.2 Å². The minimum atomic E-state index is -0.216. The summed E-state index contributed by atoms with van der Waals surface area (Å²) in [4.78, 5) is 11.1. The fourth-order valence-corrected chi connectivity index (χ4v) is 4.45. The Morgan fingerprint density at radius 1 is 1.00 bits per heavy atom. The van der Waals surface area contributed by atoms with Gasteiger partial charge in [-0.2, -0.15) is 0 Å². The molecule has 0 radical (unpaired) electrons. The molecule has 21 heavy (non-hydrogen) atoms. The van der Waals surface area contributed by atoms with Gasteiger partial charge in [0.15, 0.2) is 0 Å². The van der Waals surface area contributed by atoms with Gasteiger partial charge in [0.1, 0.15) is 0 Å². The van der Waals surface area contributed by atoms with Crippen molar-refractivity contribution in [2.75, 3.05) is 7.11 Å². The minimum Gasteiger partial charge on any atom is -0.466 e. The zero-order valence-electron chi connectivity index (χ0n) is 13.9. The summed E-state index contributed by atoms with van der Waals surface area (Å²) in [6.45, 7) is 2.31. The molecule has 2 aliphatic carbocycles. The lowest BCUT2D eigenvalue weighted by atomic mass is 9.69. The van der Waals surface area contributed by atoms with Crippen LogP contribution in [0.2, 0.25) is 0 Å². The van der Waals surface area contributed by atoms with Crippen molar-refractivity contribution >= 4 is 5.97 Å². The van der Waals surface area contributed by atoms with E-state index in [1.807, 2.05) is 0 Å². The third-order valence-corrected chi connectivity index (χ3v) is 5.78. The highest BCUT2D eigenvalue weighted by Crippen LogP contribution is 2.42. The molecule has 0 aromatic carbocycles. The molecule has 0 aromatic heterocycles. The van der Waals surface area contributed by atoms with Gasteiger partial charge in [-0.15, -0.1) is 0 Å². The highest BCUT2D eigenvalue weighted by molar-refractivity contribution is 5.81. The third-order valence-electron chi connectivity index (χ3n) is 5.78. The first kappa shape index (κ1) is 16.6. The molecular weight excluding hydrogens is 260 g/mol. The molecule has 2 fully saturated rings. The Balaban J connectivity index is 1.70. The number of carbonyl (C=O) groups is 1. The molecule has 2 rings (SSSR count). The summed E-state index contributed by atoms with van der Waals surface area (Å²) in [6, 6.07) is 0. The van der Waals surface area contributed by atoms with Gasteiger partial charge in [0.25, 0.3) is 0 Å². The summed E-state index contributed by atoms with van der Waals surface area (Å²) in [5.74, 6) is 3.34. The molecule has 2 saturated carbocycles. The van der Waals surface area contributed by atoms with Crippen LogP contribution >= 0.6 is 0 Å². The van der Waals surface area contributed by atoms with Gasteiger partial charge in [-0.05, 0) is 62.2 Å². The Kier molecular flexibility index (Phi) is 6.79. The second-order valence-electron chi connectivity index (χ2n) is 7.13. The molecule has 0 N–H and O–H groups in total. The van der Waals surface area contributed by atoms with Gasteiger partial charge < -0.3 is 4.74 Å². The van der Waals surface area contributed by atoms with Crippen LogP contribution in [0, 0.1) is 23.7 Å². The second kappa shape index (κ2) is 8.60. The summed E-state index contributed by atoms with van der Waals surface area (Å²) >= 11 is 0. The van der Waals surface area contributed by atoms with Gasteiger partial charge in [-0.1, -0.05) is 38.7 Å². The lowest BCUT2D eigenvalue weighted by Crippen LogP contribution is -2.25. The van der Waals surface area contributed by atoms with E-state index in [0.29, 0.717) is 5.92 Å². The topological polar surface area (TPSA) is 26.3 Å². The van der Waals surface area contributed by atoms with E-state index in [0.717, 1.165) is 17.8 Å². The van der Waals surface area contributed by atoms with Crippen LogP contribution in [0.5, 0.6) is 0 Å². The average Bonchev–Trinajstić information content (AvgIpc) is 2.54. The highest BCUT2D eigenvalue weighted by atomic mass is 16.5. The molecule has 0 spiro atoms. The molecule has 0 amide bonds. The average molecular weight is 292 g/mol. The van der Waals surface area contributed by atoms with Crippen molar-refractivity contribution in [3.63, 3.8) is 0 Å². The van der Waals surface area contributed by atoms with E-state index in [4.69, 9.17) is 0 Å². The van der Waals surface area contributed by atoms with E-state index in [2.05, 4.69) is 17.7 Å². The largest absolute Gasteiger partial charge is 0.466 e. The molecule has 2 nitrogen and oxygen atoms in total. The number of hydrogen-bond donors (Lipinski definition) is 0. The summed E-state index contributed by atoms with van der Waals surface area (Å²) in [6.07, 6.45) is 17.6. The van der Waals surface area contributed by atoms with Crippen LogP contribution in [0.15, 0.2) is 12.2 Å². The van der Waals surface area contributed by atoms with E-state index >= 15 is 0 Å². The first-order valence-electron chi connectivity index (χ1n) is 8.99. The van der Waals surface area contributed by atoms with Crippen LogP contribution < -0.4 is 0 Å². The second-order valence-corrected chi connectivity index (χ2v) is 7.13. The maximum absolute atomic E-state index is 11.1. The van der Waals surface area contributed by atoms with Crippen LogP contribution in [0.3, 0.4) is 0 Å². The van der Waals surface area contributed by atoms with Gasteiger partial charge in [-0.25, -0.2) is 4.79 Å². The molecular formula is C19H32O2. The summed E-state index contributed by atoms with van der Waals surface area (Å²) in [5.41, 5.74) is 0. The molecule has 0 aromatic rings. The number of carbonyl (C=O) groups excluding carboxylic acids is 1. The van der Waals surface area contributed by atoms with E-state index in [9.17, 15) is 4.79 Å². The number of rotatable bonds is 5. The quantitative estimate of drug-likeness (QED) is 0.519. The maximum atomic E-state index is 11.1. The predicted octanol–water partition coefficient (Wildman–Crippen LogP) is 5.13. The van der Waals surface area contributed by atoms with Crippen molar-refractivity contribution in [1.82, 2.24) is 0 Å². The zero-order chi connectivity index (χ0) is 15.1. The fourth-order valence-electron chi connectivity index (χ4n) is 4.45. The SMILES string of the molecule is CCCC1CCC(C2CCC(/C=C/C(=O)OC)CC2)CC1. The smallest absolute Gasteiger partial charge is 0.330 e. The maximum Gasteiger partial charge on any atom is 0.330 e. The Morgan fingerprint density at radius 2 is 1.57 bits per heavy atom.